The van der Waals surface area contributed by atoms with Gasteiger partial charge in [0.05, 0.1) is 24.5 Å². The van der Waals surface area contributed by atoms with Crippen molar-refractivity contribution < 1.29 is 4.74 Å². The Morgan fingerprint density at radius 1 is 1.15 bits per heavy atom. The molecular formula is C17H22N8O. The van der Waals surface area contributed by atoms with Gasteiger partial charge in [0.15, 0.2) is 11.6 Å². The summed E-state index contributed by atoms with van der Waals surface area (Å²) < 4.78 is 7.45. The van der Waals surface area contributed by atoms with Crippen molar-refractivity contribution in [1.29, 1.82) is 0 Å². The highest BCUT2D eigenvalue weighted by Crippen LogP contribution is 2.25. The number of rotatable bonds is 4. The Labute approximate surface area is 151 Å². The van der Waals surface area contributed by atoms with Crippen molar-refractivity contribution in [3.8, 4) is 11.4 Å². The molecule has 0 spiro atoms. The molecule has 0 unspecified atom stereocenters. The maximum absolute atomic E-state index is 5.61. The topological polar surface area (TPSA) is 97.7 Å². The van der Waals surface area contributed by atoms with Crippen molar-refractivity contribution in [2.24, 2.45) is 0 Å². The number of hydrogen-bond acceptors (Lipinski definition) is 8. The Bertz CT molecular complexity index is 899. The van der Waals surface area contributed by atoms with E-state index in [1.54, 1.807) is 12.4 Å². The molecule has 3 aromatic rings. The molecule has 136 valence electrons. The van der Waals surface area contributed by atoms with E-state index in [2.05, 4.69) is 31.9 Å². The van der Waals surface area contributed by atoms with Crippen LogP contribution in [0.4, 0.5) is 11.8 Å². The predicted molar refractivity (Wildman–Crippen MR) is 98.8 cm³/mol. The molecular weight excluding hydrogens is 332 g/mol. The first kappa shape index (κ1) is 16.7. The summed E-state index contributed by atoms with van der Waals surface area (Å²) in [6.07, 6.45) is 3.31. The number of morpholine rings is 1. The van der Waals surface area contributed by atoms with Crippen LogP contribution in [-0.2, 0) is 11.3 Å². The van der Waals surface area contributed by atoms with E-state index in [0.717, 1.165) is 42.2 Å². The fourth-order valence-corrected chi connectivity index (χ4v) is 3.06. The minimum Gasteiger partial charge on any atom is -0.378 e. The first-order chi connectivity index (χ1) is 12.6. The highest BCUT2D eigenvalue weighted by molar-refractivity contribution is 5.72. The summed E-state index contributed by atoms with van der Waals surface area (Å²) in [6.45, 7) is 3.78. The maximum atomic E-state index is 5.61. The average Bonchev–Trinajstić information content (AvgIpc) is 3.04. The van der Waals surface area contributed by atoms with Crippen molar-refractivity contribution in [3.63, 3.8) is 0 Å². The second kappa shape index (κ2) is 6.85. The molecule has 0 radical (unpaired) electrons. The largest absolute Gasteiger partial charge is 0.378 e. The fraction of sp³-hybridized carbons (Fsp3) is 0.412. The zero-order valence-corrected chi connectivity index (χ0v) is 15.0. The van der Waals surface area contributed by atoms with E-state index in [9.17, 15) is 0 Å². The summed E-state index contributed by atoms with van der Waals surface area (Å²) >= 11 is 0. The molecule has 1 aliphatic heterocycles. The van der Waals surface area contributed by atoms with Crippen LogP contribution < -0.4 is 10.6 Å². The Balaban J connectivity index is 1.87. The number of nitrogen functional groups attached to an aromatic ring is 1. The summed E-state index contributed by atoms with van der Waals surface area (Å²) in [6, 6.07) is 4.17. The van der Waals surface area contributed by atoms with Crippen molar-refractivity contribution in [2.75, 3.05) is 51.0 Å². The normalized spacial score (nSPS) is 15.1. The van der Waals surface area contributed by atoms with Crippen LogP contribution >= 0.6 is 0 Å². The van der Waals surface area contributed by atoms with Gasteiger partial charge in [0.1, 0.15) is 5.52 Å². The Hall–Kier alpha value is -2.78. The van der Waals surface area contributed by atoms with Gasteiger partial charge in [0, 0.05) is 32.0 Å². The zero-order chi connectivity index (χ0) is 18.1. The molecule has 9 heteroatoms. The third-order valence-corrected chi connectivity index (χ3v) is 4.29. The van der Waals surface area contributed by atoms with Gasteiger partial charge in [-0.15, -0.1) is 5.10 Å². The number of nitrogens with two attached hydrogens (primary N) is 1. The molecule has 0 amide bonds. The van der Waals surface area contributed by atoms with Gasteiger partial charge in [-0.25, -0.2) is 19.5 Å². The van der Waals surface area contributed by atoms with Crippen molar-refractivity contribution >= 4 is 17.3 Å². The van der Waals surface area contributed by atoms with E-state index in [1.807, 2.05) is 18.6 Å². The van der Waals surface area contributed by atoms with Crippen LogP contribution in [0.1, 0.15) is 5.69 Å². The zero-order valence-electron chi connectivity index (χ0n) is 15.0. The molecule has 26 heavy (non-hydrogen) atoms. The highest BCUT2D eigenvalue weighted by Gasteiger charge is 2.20. The number of anilines is 2. The minimum atomic E-state index is 0.234. The SMILES string of the molecule is CN(C)Cc1ccc2c(N3CCOCC3)nc(-c3cnc(N)nc3)nn12. The fourth-order valence-electron chi connectivity index (χ4n) is 3.06. The molecule has 4 heterocycles. The monoisotopic (exact) mass is 354 g/mol. The number of fused-ring (bicyclic) bond motifs is 1. The van der Waals surface area contributed by atoms with E-state index in [4.69, 9.17) is 20.6 Å². The molecule has 4 rings (SSSR count). The van der Waals surface area contributed by atoms with Gasteiger partial charge >= 0.3 is 0 Å². The third-order valence-electron chi connectivity index (χ3n) is 4.29. The molecule has 0 atom stereocenters. The van der Waals surface area contributed by atoms with Gasteiger partial charge < -0.3 is 20.3 Å². The Kier molecular flexibility index (Phi) is 4.39. The minimum absolute atomic E-state index is 0.234. The van der Waals surface area contributed by atoms with Gasteiger partial charge in [-0.2, -0.15) is 0 Å². The lowest BCUT2D eigenvalue weighted by atomic mass is 10.3. The van der Waals surface area contributed by atoms with Crippen molar-refractivity contribution in [2.45, 2.75) is 6.54 Å². The lowest BCUT2D eigenvalue weighted by Gasteiger charge is -2.28. The van der Waals surface area contributed by atoms with Crippen LogP contribution in [-0.4, -0.2) is 69.9 Å². The van der Waals surface area contributed by atoms with Gasteiger partial charge in [-0.1, -0.05) is 0 Å². The number of hydrogen-bond donors (Lipinski definition) is 1. The van der Waals surface area contributed by atoms with E-state index in [-0.39, 0.29) is 5.95 Å². The van der Waals surface area contributed by atoms with Crippen LogP contribution in [0.2, 0.25) is 0 Å². The second-order valence-corrected chi connectivity index (χ2v) is 6.55. The van der Waals surface area contributed by atoms with Crippen LogP contribution in [0.15, 0.2) is 24.5 Å². The summed E-state index contributed by atoms with van der Waals surface area (Å²) in [4.78, 5) is 17.3. The molecule has 1 aliphatic rings. The van der Waals surface area contributed by atoms with E-state index >= 15 is 0 Å². The van der Waals surface area contributed by atoms with E-state index in [1.165, 1.54) is 0 Å². The number of aromatic nitrogens is 5. The smallest absolute Gasteiger partial charge is 0.219 e. The van der Waals surface area contributed by atoms with E-state index in [0.29, 0.717) is 19.0 Å². The van der Waals surface area contributed by atoms with Gasteiger partial charge in [-0.3, -0.25) is 0 Å². The molecule has 0 aliphatic carbocycles. The molecule has 9 nitrogen and oxygen atoms in total. The molecule has 0 aromatic carbocycles. The molecule has 1 saturated heterocycles. The molecule has 0 saturated carbocycles. The second-order valence-electron chi connectivity index (χ2n) is 6.55. The lowest BCUT2D eigenvalue weighted by molar-refractivity contribution is 0.122. The number of nitrogens with zero attached hydrogens (tertiary/aromatic N) is 7. The standard InChI is InChI=1S/C17H22N8O/c1-23(2)11-13-3-4-14-16(24-5-7-26-8-6-24)21-15(22-25(13)14)12-9-19-17(18)20-10-12/h3-4,9-10H,5-8,11H2,1-2H3,(H2,18,19,20). The Morgan fingerprint density at radius 2 is 1.88 bits per heavy atom. The molecule has 2 N–H and O–H groups in total. The lowest BCUT2D eigenvalue weighted by Crippen LogP contribution is -2.37. The van der Waals surface area contributed by atoms with Crippen LogP contribution in [0.5, 0.6) is 0 Å². The summed E-state index contributed by atoms with van der Waals surface area (Å²) in [5, 5.41) is 4.74. The first-order valence-electron chi connectivity index (χ1n) is 8.56. The summed E-state index contributed by atoms with van der Waals surface area (Å²) in [7, 11) is 4.08. The van der Waals surface area contributed by atoms with E-state index < -0.39 is 0 Å². The van der Waals surface area contributed by atoms with Crippen molar-refractivity contribution in [1.82, 2.24) is 29.5 Å². The highest BCUT2D eigenvalue weighted by atomic mass is 16.5. The third kappa shape index (κ3) is 3.18. The molecule has 0 bridgehead atoms. The number of ether oxygens (including phenoxy) is 1. The van der Waals surface area contributed by atoms with Gasteiger partial charge in [0.25, 0.3) is 0 Å². The molecule has 3 aromatic heterocycles. The van der Waals surface area contributed by atoms with Crippen LogP contribution in [0, 0.1) is 0 Å². The van der Waals surface area contributed by atoms with Crippen LogP contribution in [0.3, 0.4) is 0 Å². The quantitative estimate of drug-likeness (QED) is 0.730. The predicted octanol–water partition coefficient (Wildman–Crippen LogP) is 0.667. The molecule has 1 fully saturated rings. The summed E-state index contributed by atoms with van der Waals surface area (Å²) in [5.41, 5.74) is 8.43. The van der Waals surface area contributed by atoms with Gasteiger partial charge in [-0.05, 0) is 26.2 Å². The average molecular weight is 354 g/mol. The first-order valence-corrected chi connectivity index (χ1v) is 8.56. The summed E-state index contributed by atoms with van der Waals surface area (Å²) in [5.74, 6) is 1.72. The van der Waals surface area contributed by atoms with Crippen LogP contribution in [0.25, 0.3) is 16.9 Å². The van der Waals surface area contributed by atoms with Gasteiger partial charge in [0.2, 0.25) is 5.95 Å². The van der Waals surface area contributed by atoms with Crippen molar-refractivity contribution in [3.05, 3.63) is 30.2 Å². The maximum Gasteiger partial charge on any atom is 0.219 e. The Morgan fingerprint density at radius 3 is 2.58 bits per heavy atom.